The molecule has 342 valence electrons. The van der Waals surface area contributed by atoms with E-state index in [9.17, 15) is 10.5 Å². The second-order valence-electron chi connectivity index (χ2n) is 18.4. The summed E-state index contributed by atoms with van der Waals surface area (Å²) in [5, 5.41) is 25.7. The van der Waals surface area contributed by atoms with Gasteiger partial charge in [-0.1, -0.05) is 212 Å². The van der Waals surface area contributed by atoms with Crippen molar-refractivity contribution in [3.05, 3.63) is 277 Å². The molecule has 11 aromatic carbocycles. The van der Waals surface area contributed by atoms with Crippen molar-refractivity contribution in [1.29, 1.82) is 10.5 Å². The Morgan fingerprint density at radius 2 is 0.712 bits per heavy atom. The molecule has 0 aliphatic carbocycles. The van der Waals surface area contributed by atoms with Crippen molar-refractivity contribution in [3.8, 4) is 95.7 Å². The molecule has 4 heteroatoms. The Balaban J connectivity index is 1.22. The Bertz CT molecular complexity index is 4000. The molecule has 12 rings (SSSR count). The zero-order valence-corrected chi connectivity index (χ0v) is 39.9. The minimum absolute atomic E-state index is 0.328. The number of rotatable bonds is 10. The first-order chi connectivity index (χ1) is 36.1. The van der Waals surface area contributed by atoms with Crippen molar-refractivity contribution in [2.45, 2.75) is 6.42 Å². The van der Waals surface area contributed by atoms with E-state index < -0.39 is 0 Å². The summed E-state index contributed by atoms with van der Waals surface area (Å²) < 4.78 is 2.32. The van der Waals surface area contributed by atoms with Gasteiger partial charge in [0.1, 0.15) is 12.1 Å². The molecule has 1 heterocycles. The molecule has 0 radical (unpaired) electrons. The summed E-state index contributed by atoms with van der Waals surface area (Å²) in [6.07, 6.45) is 0.328. The van der Waals surface area contributed by atoms with Crippen LogP contribution in [0.3, 0.4) is 0 Å². The van der Waals surface area contributed by atoms with Crippen molar-refractivity contribution in [3.63, 3.8) is 0 Å². The molecule has 0 fully saturated rings. The van der Waals surface area contributed by atoms with Gasteiger partial charge in [-0.2, -0.15) is 10.5 Å². The number of aromatic nitrogens is 1. The fraction of sp³-hybridized carbons (Fsp3) is 0.0145. The number of nitrogen functional groups attached to an aromatic ring is 1. The van der Waals surface area contributed by atoms with Crippen LogP contribution >= 0.6 is 0 Å². The summed E-state index contributed by atoms with van der Waals surface area (Å²) >= 11 is 0. The first-order valence-electron chi connectivity index (χ1n) is 24.5. The number of benzene rings is 11. The van der Waals surface area contributed by atoms with Crippen LogP contribution in [0.4, 0.5) is 5.69 Å². The summed E-state index contributed by atoms with van der Waals surface area (Å²) in [6.45, 7) is 0. The molecule has 1 aromatic heterocycles. The molecule has 0 bridgehead atoms. The van der Waals surface area contributed by atoms with Gasteiger partial charge in [0.15, 0.2) is 0 Å². The van der Waals surface area contributed by atoms with Crippen LogP contribution in [0.25, 0.3) is 105 Å². The third kappa shape index (κ3) is 8.10. The van der Waals surface area contributed by atoms with Gasteiger partial charge >= 0.3 is 0 Å². The van der Waals surface area contributed by atoms with Crippen LogP contribution in [0.2, 0.25) is 0 Å². The molecule has 0 atom stereocenters. The van der Waals surface area contributed by atoms with E-state index in [-0.39, 0.29) is 0 Å². The van der Waals surface area contributed by atoms with Gasteiger partial charge in [0.2, 0.25) is 0 Å². The van der Waals surface area contributed by atoms with Crippen molar-refractivity contribution < 1.29 is 0 Å². The highest BCUT2D eigenvalue weighted by Crippen LogP contribution is 2.48. The maximum atomic E-state index is 11.9. The smallest absolute Gasteiger partial charge is 0.101 e. The average molecular weight is 931 g/mol. The molecular formula is C69H46N4. The van der Waals surface area contributed by atoms with Gasteiger partial charge in [-0.05, 0) is 115 Å². The fourth-order valence-electron chi connectivity index (χ4n) is 10.7. The maximum Gasteiger partial charge on any atom is 0.101 e. The van der Waals surface area contributed by atoms with Gasteiger partial charge in [0, 0.05) is 39.6 Å². The number of hydrogen-bond acceptors (Lipinski definition) is 3. The molecule has 0 aliphatic rings. The van der Waals surface area contributed by atoms with Crippen LogP contribution in [0.1, 0.15) is 22.3 Å². The second-order valence-corrected chi connectivity index (χ2v) is 18.4. The van der Waals surface area contributed by atoms with Gasteiger partial charge in [-0.25, -0.2) is 0 Å². The lowest BCUT2D eigenvalue weighted by atomic mass is 9.81. The predicted molar refractivity (Wildman–Crippen MR) is 302 cm³/mol. The SMILES string of the molecule is N#Cc1c(Cc2ccc(-c3ccccc3)cc2-c2cc(-c3ccccc3)ccc2N)c(-n2c3ccc(-c4ccccc4)cc3c3cc(-c4ccccc4)ccc32)c(-c2ccccc2)c(C#N)c1-c1ccccc1. The lowest BCUT2D eigenvalue weighted by molar-refractivity contribution is 1.09. The minimum atomic E-state index is 0.328. The van der Waals surface area contributed by atoms with Crippen LogP contribution < -0.4 is 5.73 Å². The summed E-state index contributed by atoms with van der Waals surface area (Å²) in [5.41, 5.74) is 26.6. The van der Waals surface area contributed by atoms with Gasteiger partial charge in [0.05, 0.1) is 27.8 Å². The number of nitrogens with two attached hydrogens (primary N) is 1. The van der Waals surface area contributed by atoms with Gasteiger partial charge in [-0.15, -0.1) is 0 Å². The quantitative estimate of drug-likeness (QED) is 0.139. The van der Waals surface area contributed by atoms with Crippen LogP contribution in [-0.2, 0) is 6.42 Å². The molecule has 12 aromatic rings. The number of hydrogen-bond donors (Lipinski definition) is 1. The van der Waals surface area contributed by atoms with E-state index in [1.165, 1.54) is 0 Å². The fourth-order valence-corrected chi connectivity index (χ4v) is 10.7. The predicted octanol–water partition coefficient (Wildman–Crippen LogP) is 17.4. The Hall–Kier alpha value is -10.0. The number of nitriles is 2. The molecule has 0 amide bonds. The average Bonchev–Trinajstić information content (AvgIpc) is 3.78. The van der Waals surface area contributed by atoms with Crippen molar-refractivity contribution >= 4 is 27.5 Å². The van der Waals surface area contributed by atoms with E-state index in [1.807, 2.05) is 78.9 Å². The molecule has 0 saturated carbocycles. The molecular weight excluding hydrogens is 885 g/mol. The number of fused-ring (bicyclic) bond motifs is 3. The van der Waals surface area contributed by atoms with Crippen molar-refractivity contribution in [1.82, 2.24) is 4.57 Å². The van der Waals surface area contributed by atoms with E-state index in [2.05, 4.69) is 193 Å². The van der Waals surface area contributed by atoms with Gasteiger partial charge in [-0.3, -0.25) is 0 Å². The number of nitrogens with zero attached hydrogens (tertiary/aromatic N) is 3. The molecule has 2 N–H and O–H groups in total. The van der Waals surface area contributed by atoms with Crippen LogP contribution in [-0.4, -0.2) is 4.57 Å². The van der Waals surface area contributed by atoms with E-state index in [4.69, 9.17) is 5.73 Å². The summed E-state index contributed by atoms with van der Waals surface area (Å²) in [7, 11) is 0. The Kier molecular flexibility index (Phi) is 11.6. The highest BCUT2D eigenvalue weighted by Gasteiger charge is 2.30. The normalized spacial score (nSPS) is 11.1. The third-order valence-electron chi connectivity index (χ3n) is 14.2. The van der Waals surface area contributed by atoms with Gasteiger partial charge in [0.25, 0.3) is 0 Å². The summed E-state index contributed by atoms with van der Waals surface area (Å²) in [6, 6.07) is 93.5. The van der Waals surface area contributed by atoms with Gasteiger partial charge < -0.3 is 10.3 Å². The van der Waals surface area contributed by atoms with E-state index in [1.54, 1.807) is 0 Å². The lowest BCUT2D eigenvalue weighted by Crippen LogP contribution is -2.11. The Morgan fingerprint density at radius 1 is 0.342 bits per heavy atom. The van der Waals surface area contributed by atoms with Crippen LogP contribution in [0.15, 0.2) is 255 Å². The molecule has 0 spiro atoms. The molecule has 0 aliphatic heterocycles. The van der Waals surface area contributed by atoms with E-state index in [0.717, 1.165) is 111 Å². The topological polar surface area (TPSA) is 78.5 Å². The summed E-state index contributed by atoms with van der Waals surface area (Å²) in [4.78, 5) is 0. The number of anilines is 1. The van der Waals surface area contributed by atoms with E-state index >= 15 is 0 Å². The molecule has 73 heavy (non-hydrogen) atoms. The van der Waals surface area contributed by atoms with Crippen LogP contribution in [0.5, 0.6) is 0 Å². The summed E-state index contributed by atoms with van der Waals surface area (Å²) in [5.74, 6) is 0. The zero-order valence-electron chi connectivity index (χ0n) is 39.9. The highest BCUT2D eigenvalue weighted by atomic mass is 15.0. The first kappa shape index (κ1) is 44.2. The van der Waals surface area contributed by atoms with Crippen molar-refractivity contribution in [2.75, 3.05) is 5.73 Å². The first-order valence-corrected chi connectivity index (χ1v) is 24.5. The Morgan fingerprint density at radius 3 is 1.15 bits per heavy atom. The standard InChI is InChI=1S/C69H46N4/c70-44-62-61(43-56-32-31-52(46-19-7-1-8-20-46)39-57(56)58-40-53(33-36-64(58)72)47-21-9-2-10-22-47)69(68(51-29-17-6-18-30-51)63(45-71)67(62)50-27-15-5-16-28-50)73-65-37-34-54(48-23-11-3-12-24-48)41-59(65)60-42-55(35-38-66(60)73)49-25-13-4-14-26-49/h1-42H,43,72H2. The van der Waals surface area contributed by atoms with E-state index in [0.29, 0.717) is 28.8 Å². The minimum Gasteiger partial charge on any atom is -0.398 e. The monoisotopic (exact) mass is 930 g/mol. The maximum absolute atomic E-state index is 11.9. The lowest BCUT2D eigenvalue weighted by Gasteiger charge is -2.25. The largest absolute Gasteiger partial charge is 0.398 e. The van der Waals surface area contributed by atoms with Crippen molar-refractivity contribution in [2.24, 2.45) is 0 Å². The van der Waals surface area contributed by atoms with Crippen LogP contribution in [0, 0.1) is 22.7 Å². The molecule has 4 nitrogen and oxygen atoms in total. The third-order valence-corrected chi connectivity index (χ3v) is 14.2. The molecule has 0 unspecified atom stereocenters. The second kappa shape index (κ2) is 19.1. The Labute approximate surface area is 425 Å². The highest BCUT2D eigenvalue weighted by molar-refractivity contribution is 6.13. The zero-order chi connectivity index (χ0) is 49.3. The molecule has 0 saturated heterocycles.